The average Bonchev–Trinajstić information content (AvgIpc) is 2.47. The molecule has 1 aromatic carbocycles. The number of hydrazone groups is 1. The lowest BCUT2D eigenvalue weighted by Gasteiger charge is -2.08. The molecule has 1 N–H and O–H groups in total. The molecule has 0 spiro atoms. The van der Waals surface area contributed by atoms with Crippen LogP contribution in [0.2, 0.25) is 0 Å². The summed E-state index contributed by atoms with van der Waals surface area (Å²) in [6, 6.07) is 9.45. The molecule has 0 bridgehead atoms. The molecule has 0 atom stereocenters. The van der Waals surface area contributed by atoms with Crippen LogP contribution in [0.25, 0.3) is 0 Å². The van der Waals surface area contributed by atoms with Crippen LogP contribution < -0.4 is 10.2 Å². The van der Waals surface area contributed by atoms with E-state index < -0.39 is 0 Å². The van der Waals surface area contributed by atoms with Gasteiger partial charge < -0.3 is 4.74 Å². The highest BCUT2D eigenvalue weighted by atomic mass is 16.5. The van der Waals surface area contributed by atoms with Crippen molar-refractivity contribution in [3.05, 3.63) is 59.4 Å². The van der Waals surface area contributed by atoms with Gasteiger partial charge in [-0.1, -0.05) is 23.8 Å². The first kappa shape index (κ1) is 14.7. The van der Waals surface area contributed by atoms with Crippen LogP contribution in [0.5, 0.6) is 5.75 Å². The molecule has 0 unspecified atom stereocenters. The van der Waals surface area contributed by atoms with Crippen LogP contribution in [-0.4, -0.2) is 23.7 Å². The first-order chi connectivity index (χ1) is 10.1. The molecule has 2 rings (SSSR count). The van der Waals surface area contributed by atoms with Gasteiger partial charge in [0.1, 0.15) is 5.75 Å². The summed E-state index contributed by atoms with van der Waals surface area (Å²) in [5, 5.41) is 3.85. The molecule has 0 saturated heterocycles. The van der Waals surface area contributed by atoms with Crippen LogP contribution in [0.4, 0.5) is 0 Å². The Labute approximate surface area is 123 Å². The first-order valence-corrected chi connectivity index (χ1v) is 6.57. The normalized spacial score (nSPS) is 10.6. The Balaban J connectivity index is 1.81. The van der Waals surface area contributed by atoms with Crippen molar-refractivity contribution in [1.29, 1.82) is 0 Å². The maximum atomic E-state index is 11.6. The summed E-state index contributed by atoms with van der Waals surface area (Å²) in [5.41, 5.74) is 5.38. The SMILES string of the molecule is Cc1ccc(OCC(=O)N/N=C/c2cccnc2)c(C)c1. The zero-order valence-corrected chi connectivity index (χ0v) is 12.0. The lowest BCUT2D eigenvalue weighted by atomic mass is 10.1. The lowest BCUT2D eigenvalue weighted by Crippen LogP contribution is -2.24. The van der Waals surface area contributed by atoms with E-state index in [1.807, 2.05) is 38.1 Å². The molecule has 21 heavy (non-hydrogen) atoms. The minimum Gasteiger partial charge on any atom is -0.483 e. The van der Waals surface area contributed by atoms with Crippen molar-refractivity contribution in [2.75, 3.05) is 6.61 Å². The number of nitrogens with zero attached hydrogens (tertiary/aromatic N) is 2. The van der Waals surface area contributed by atoms with Crippen LogP contribution >= 0.6 is 0 Å². The molecule has 2 aromatic rings. The lowest BCUT2D eigenvalue weighted by molar-refractivity contribution is -0.123. The van der Waals surface area contributed by atoms with Gasteiger partial charge in [-0.15, -0.1) is 0 Å². The molecule has 5 heteroatoms. The van der Waals surface area contributed by atoms with Crippen LogP contribution in [0.3, 0.4) is 0 Å². The van der Waals surface area contributed by atoms with E-state index in [2.05, 4.69) is 15.5 Å². The molecule has 0 aliphatic heterocycles. The number of ether oxygens (including phenoxy) is 1. The Bertz CT molecular complexity index is 639. The van der Waals surface area contributed by atoms with Crippen molar-refractivity contribution in [2.45, 2.75) is 13.8 Å². The van der Waals surface area contributed by atoms with E-state index in [0.717, 1.165) is 16.7 Å². The fourth-order valence-electron chi connectivity index (χ4n) is 1.77. The third kappa shape index (κ3) is 4.72. The standard InChI is InChI=1S/C16H17N3O2/c1-12-5-6-15(13(2)8-12)21-11-16(20)19-18-10-14-4-3-7-17-9-14/h3-10H,11H2,1-2H3,(H,19,20)/b18-10+. The Morgan fingerprint density at radius 3 is 2.95 bits per heavy atom. The second kappa shape index (κ2) is 7.19. The number of nitrogens with one attached hydrogen (secondary N) is 1. The van der Waals surface area contributed by atoms with Crippen LogP contribution in [0.1, 0.15) is 16.7 Å². The maximum Gasteiger partial charge on any atom is 0.277 e. The third-order valence-electron chi connectivity index (χ3n) is 2.78. The van der Waals surface area contributed by atoms with Crippen LogP contribution in [0, 0.1) is 13.8 Å². The highest BCUT2D eigenvalue weighted by molar-refractivity contribution is 5.82. The van der Waals surface area contributed by atoms with Gasteiger partial charge in [-0.25, -0.2) is 5.43 Å². The molecule has 1 aromatic heterocycles. The number of aryl methyl sites for hydroxylation is 2. The summed E-state index contributed by atoms with van der Waals surface area (Å²) in [4.78, 5) is 15.6. The van der Waals surface area contributed by atoms with Crippen molar-refractivity contribution >= 4 is 12.1 Å². The second-order valence-electron chi connectivity index (χ2n) is 4.64. The monoisotopic (exact) mass is 283 g/mol. The van der Waals surface area contributed by atoms with E-state index in [9.17, 15) is 4.79 Å². The predicted octanol–water partition coefficient (Wildman–Crippen LogP) is 2.23. The van der Waals surface area contributed by atoms with E-state index in [1.165, 1.54) is 6.21 Å². The Morgan fingerprint density at radius 1 is 1.38 bits per heavy atom. The average molecular weight is 283 g/mol. The molecule has 0 saturated carbocycles. The number of hydrogen-bond acceptors (Lipinski definition) is 4. The molecular formula is C16H17N3O2. The van der Waals surface area contributed by atoms with Gasteiger partial charge in [-0.05, 0) is 31.5 Å². The summed E-state index contributed by atoms with van der Waals surface area (Å²) >= 11 is 0. The summed E-state index contributed by atoms with van der Waals surface area (Å²) in [7, 11) is 0. The molecule has 0 radical (unpaired) electrons. The molecule has 1 heterocycles. The summed E-state index contributed by atoms with van der Waals surface area (Å²) in [5.74, 6) is 0.391. The van der Waals surface area contributed by atoms with E-state index >= 15 is 0 Å². The van der Waals surface area contributed by atoms with Gasteiger partial charge >= 0.3 is 0 Å². The minimum atomic E-state index is -0.310. The fraction of sp³-hybridized carbons (Fsp3) is 0.188. The molecule has 0 aliphatic carbocycles. The first-order valence-electron chi connectivity index (χ1n) is 6.57. The number of hydrogen-bond donors (Lipinski definition) is 1. The number of amides is 1. The number of aromatic nitrogens is 1. The molecule has 108 valence electrons. The zero-order chi connectivity index (χ0) is 15.1. The van der Waals surface area contributed by atoms with Crippen molar-refractivity contribution in [1.82, 2.24) is 10.4 Å². The van der Waals surface area contributed by atoms with Crippen LogP contribution in [-0.2, 0) is 4.79 Å². The summed E-state index contributed by atoms with van der Waals surface area (Å²) in [6.07, 6.45) is 4.86. The molecular weight excluding hydrogens is 266 g/mol. The summed E-state index contributed by atoms with van der Waals surface area (Å²) in [6.45, 7) is 3.88. The quantitative estimate of drug-likeness (QED) is 0.676. The second-order valence-corrected chi connectivity index (χ2v) is 4.64. The predicted molar refractivity (Wildman–Crippen MR) is 81.4 cm³/mol. The number of carbonyl (C=O) groups is 1. The van der Waals surface area contributed by atoms with E-state index in [1.54, 1.807) is 18.5 Å². The number of benzene rings is 1. The Morgan fingerprint density at radius 2 is 2.24 bits per heavy atom. The number of carbonyl (C=O) groups excluding carboxylic acids is 1. The van der Waals surface area contributed by atoms with Gasteiger partial charge in [0.25, 0.3) is 5.91 Å². The van der Waals surface area contributed by atoms with Crippen molar-refractivity contribution < 1.29 is 9.53 Å². The van der Waals surface area contributed by atoms with Crippen molar-refractivity contribution in [2.24, 2.45) is 5.10 Å². The number of pyridine rings is 1. The molecule has 5 nitrogen and oxygen atoms in total. The van der Waals surface area contributed by atoms with E-state index in [4.69, 9.17) is 4.74 Å². The zero-order valence-electron chi connectivity index (χ0n) is 12.0. The van der Waals surface area contributed by atoms with Gasteiger partial charge in [-0.3, -0.25) is 9.78 Å². The number of rotatable bonds is 5. The third-order valence-corrected chi connectivity index (χ3v) is 2.78. The van der Waals surface area contributed by atoms with Gasteiger partial charge in [0.15, 0.2) is 6.61 Å². The molecule has 1 amide bonds. The largest absolute Gasteiger partial charge is 0.483 e. The fourth-order valence-corrected chi connectivity index (χ4v) is 1.77. The van der Waals surface area contributed by atoms with E-state index in [0.29, 0.717) is 5.75 Å². The topological polar surface area (TPSA) is 63.6 Å². The Hall–Kier alpha value is -2.69. The van der Waals surface area contributed by atoms with Gasteiger partial charge in [0, 0.05) is 18.0 Å². The highest BCUT2D eigenvalue weighted by Gasteiger charge is 2.03. The maximum absolute atomic E-state index is 11.6. The highest BCUT2D eigenvalue weighted by Crippen LogP contribution is 2.18. The molecule has 0 aliphatic rings. The van der Waals surface area contributed by atoms with E-state index in [-0.39, 0.29) is 12.5 Å². The smallest absolute Gasteiger partial charge is 0.277 e. The van der Waals surface area contributed by atoms with Gasteiger partial charge in [0.05, 0.1) is 6.21 Å². The van der Waals surface area contributed by atoms with Crippen molar-refractivity contribution in [3.8, 4) is 5.75 Å². The van der Waals surface area contributed by atoms with Crippen LogP contribution in [0.15, 0.2) is 47.8 Å². The minimum absolute atomic E-state index is 0.0751. The van der Waals surface area contributed by atoms with Crippen molar-refractivity contribution in [3.63, 3.8) is 0 Å². The van der Waals surface area contributed by atoms with Gasteiger partial charge in [-0.2, -0.15) is 5.10 Å². The summed E-state index contributed by atoms with van der Waals surface area (Å²) < 4.78 is 5.46. The molecule has 0 fully saturated rings. The van der Waals surface area contributed by atoms with Gasteiger partial charge in [0.2, 0.25) is 0 Å². The Kier molecular flexibility index (Phi) is 5.04.